The molecule has 2 rings (SSSR count). The highest BCUT2D eigenvalue weighted by molar-refractivity contribution is 14.1. The molecule has 0 saturated carbocycles. The van der Waals surface area contributed by atoms with Gasteiger partial charge < -0.3 is 9.47 Å². The van der Waals surface area contributed by atoms with Crippen molar-refractivity contribution in [2.45, 2.75) is 16.4 Å². The zero-order valence-electron chi connectivity index (χ0n) is 12.4. The van der Waals surface area contributed by atoms with Crippen LogP contribution in [-0.4, -0.2) is 52.8 Å². The van der Waals surface area contributed by atoms with Crippen molar-refractivity contribution < 1.29 is 28.7 Å². The zero-order chi connectivity index (χ0) is 17.1. The smallest absolute Gasteiger partial charge is 0.329 e. The Morgan fingerprint density at radius 3 is 1.96 bits per heavy atom. The van der Waals surface area contributed by atoms with Gasteiger partial charge in [-0.15, -0.1) is 0 Å². The Morgan fingerprint density at radius 2 is 1.52 bits per heavy atom. The van der Waals surface area contributed by atoms with Crippen molar-refractivity contribution in [1.29, 1.82) is 0 Å². The fourth-order valence-electron chi connectivity index (χ4n) is 2.35. The average Bonchev–Trinajstić information content (AvgIpc) is 2.82. The van der Waals surface area contributed by atoms with Crippen LogP contribution in [-0.2, 0) is 19.1 Å². The van der Waals surface area contributed by atoms with E-state index >= 15 is 0 Å². The van der Waals surface area contributed by atoms with E-state index in [0.29, 0.717) is 0 Å². The third-order valence-electron chi connectivity index (χ3n) is 3.50. The Balaban J connectivity index is 2.34. The molecule has 0 N–H and O–H groups in total. The Labute approximate surface area is 146 Å². The van der Waals surface area contributed by atoms with Crippen LogP contribution in [0.15, 0.2) is 24.3 Å². The third kappa shape index (κ3) is 3.21. The van der Waals surface area contributed by atoms with Gasteiger partial charge in [0.15, 0.2) is 0 Å². The largest absolute Gasteiger partial charge is 0.468 e. The molecule has 2 atom stereocenters. The standard InChI is InChI=1S/C15H14INO6/c1-22-14(20)10(16)7-11(15(21)23-2)17-12(18)8-5-3-4-6-9(8)13(17)19/h3-6,10-11H,7H2,1-2H3/t10-,11+/m1/s1. The van der Waals surface area contributed by atoms with Gasteiger partial charge in [0.05, 0.1) is 25.3 Å². The number of hydrogen-bond donors (Lipinski definition) is 0. The third-order valence-corrected chi connectivity index (χ3v) is 4.51. The number of rotatable bonds is 5. The van der Waals surface area contributed by atoms with Crippen molar-refractivity contribution in [1.82, 2.24) is 4.90 Å². The van der Waals surface area contributed by atoms with E-state index in [1.54, 1.807) is 34.7 Å². The molecule has 23 heavy (non-hydrogen) atoms. The molecule has 0 aromatic heterocycles. The number of fused-ring (bicyclic) bond motifs is 1. The van der Waals surface area contributed by atoms with Crippen LogP contribution >= 0.6 is 22.6 Å². The number of methoxy groups -OCH3 is 2. The highest BCUT2D eigenvalue weighted by Crippen LogP contribution is 2.27. The number of hydrogen-bond acceptors (Lipinski definition) is 6. The predicted molar refractivity (Wildman–Crippen MR) is 87.2 cm³/mol. The average molecular weight is 431 g/mol. The number of alkyl halides is 1. The van der Waals surface area contributed by atoms with Crippen molar-refractivity contribution in [2.24, 2.45) is 0 Å². The lowest BCUT2D eigenvalue weighted by Crippen LogP contribution is -2.47. The molecule has 0 fully saturated rings. The summed E-state index contributed by atoms with van der Waals surface area (Å²) in [4.78, 5) is 49.4. The van der Waals surface area contributed by atoms with Crippen LogP contribution in [0.3, 0.4) is 0 Å². The minimum atomic E-state index is -1.19. The maximum Gasteiger partial charge on any atom is 0.329 e. The van der Waals surface area contributed by atoms with E-state index in [4.69, 9.17) is 4.74 Å². The van der Waals surface area contributed by atoms with Crippen molar-refractivity contribution in [2.75, 3.05) is 14.2 Å². The Bertz CT molecular complexity index is 639. The lowest BCUT2D eigenvalue weighted by Gasteiger charge is -2.25. The molecule has 1 aliphatic rings. The minimum Gasteiger partial charge on any atom is -0.468 e. The highest BCUT2D eigenvalue weighted by Gasteiger charge is 2.44. The molecule has 122 valence electrons. The van der Waals surface area contributed by atoms with Gasteiger partial charge in [0.2, 0.25) is 0 Å². The summed E-state index contributed by atoms with van der Waals surface area (Å²) in [5.41, 5.74) is 0.462. The number of imide groups is 1. The molecule has 0 unspecified atom stereocenters. The summed E-state index contributed by atoms with van der Waals surface area (Å²) in [5.74, 6) is -2.45. The molecule has 0 bridgehead atoms. The molecule has 0 aliphatic carbocycles. The molecule has 0 saturated heterocycles. The lowest BCUT2D eigenvalue weighted by molar-refractivity contribution is -0.146. The normalized spacial score (nSPS) is 15.9. The van der Waals surface area contributed by atoms with Gasteiger partial charge in [0, 0.05) is 6.42 Å². The van der Waals surface area contributed by atoms with Crippen molar-refractivity contribution in [3.05, 3.63) is 35.4 Å². The van der Waals surface area contributed by atoms with E-state index in [-0.39, 0.29) is 17.5 Å². The van der Waals surface area contributed by atoms with Gasteiger partial charge >= 0.3 is 11.9 Å². The first-order valence-corrected chi connectivity index (χ1v) is 7.93. The second-order valence-electron chi connectivity index (χ2n) is 4.79. The summed E-state index contributed by atoms with van der Waals surface area (Å²) in [6, 6.07) is 5.12. The van der Waals surface area contributed by atoms with Gasteiger partial charge in [-0.1, -0.05) is 34.7 Å². The monoisotopic (exact) mass is 431 g/mol. The molecule has 1 aromatic rings. The summed E-state index contributed by atoms with van der Waals surface area (Å²) < 4.78 is 8.61. The summed E-state index contributed by atoms with van der Waals surface area (Å²) in [6.45, 7) is 0. The Kier molecular flexibility index (Phi) is 5.34. The molecule has 1 heterocycles. The first kappa shape index (κ1) is 17.4. The van der Waals surface area contributed by atoms with Crippen molar-refractivity contribution >= 4 is 46.3 Å². The van der Waals surface area contributed by atoms with Crippen LogP contribution in [0.4, 0.5) is 0 Å². The quantitative estimate of drug-likeness (QED) is 0.301. The van der Waals surface area contributed by atoms with E-state index in [9.17, 15) is 19.2 Å². The fourth-order valence-corrected chi connectivity index (χ4v) is 3.09. The van der Waals surface area contributed by atoms with E-state index in [2.05, 4.69) is 4.74 Å². The first-order valence-electron chi connectivity index (χ1n) is 6.69. The van der Waals surface area contributed by atoms with Gasteiger partial charge in [-0.3, -0.25) is 19.3 Å². The van der Waals surface area contributed by atoms with Gasteiger partial charge in [0.1, 0.15) is 9.97 Å². The van der Waals surface area contributed by atoms with E-state index in [0.717, 1.165) is 12.0 Å². The zero-order valence-corrected chi connectivity index (χ0v) is 14.6. The molecule has 7 nitrogen and oxygen atoms in total. The molecular weight excluding hydrogens is 417 g/mol. The number of benzene rings is 1. The van der Waals surface area contributed by atoms with Gasteiger partial charge in [0.25, 0.3) is 11.8 Å². The maximum absolute atomic E-state index is 12.5. The number of ether oxygens (including phenoxy) is 2. The summed E-state index contributed by atoms with van der Waals surface area (Å²) in [6.07, 6.45) is -0.0780. The second-order valence-corrected chi connectivity index (χ2v) is 6.29. The van der Waals surface area contributed by atoms with E-state index in [1.807, 2.05) is 0 Å². The van der Waals surface area contributed by atoms with Gasteiger partial charge in [-0.25, -0.2) is 4.79 Å². The van der Waals surface area contributed by atoms with Crippen LogP contribution in [0, 0.1) is 0 Å². The first-order chi connectivity index (χ1) is 10.9. The summed E-state index contributed by atoms with van der Waals surface area (Å²) in [7, 11) is 2.39. The molecule has 8 heteroatoms. The van der Waals surface area contributed by atoms with Crippen LogP contribution in [0.2, 0.25) is 0 Å². The highest BCUT2D eigenvalue weighted by atomic mass is 127. The number of esters is 2. The van der Waals surface area contributed by atoms with E-state index < -0.39 is 33.7 Å². The molecule has 1 aliphatic heterocycles. The molecule has 0 spiro atoms. The molecule has 0 radical (unpaired) electrons. The molecule has 2 amide bonds. The van der Waals surface area contributed by atoms with Crippen molar-refractivity contribution in [3.8, 4) is 0 Å². The van der Waals surface area contributed by atoms with Crippen LogP contribution in [0.1, 0.15) is 27.1 Å². The van der Waals surface area contributed by atoms with Crippen LogP contribution in [0.25, 0.3) is 0 Å². The van der Waals surface area contributed by atoms with Gasteiger partial charge in [-0.05, 0) is 12.1 Å². The Morgan fingerprint density at radius 1 is 1.04 bits per heavy atom. The summed E-state index contributed by atoms with van der Waals surface area (Å²) in [5, 5.41) is 0. The minimum absolute atomic E-state index is 0.0780. The molecular formula is C15H14INO6. The van der Waals surface area contributed by atoms with Crippen LogP contribution < -0.4 is 0 Å². The SMILES string of the molecule is COC(=O)[C@H](I)C[C@@H](C(=O)OC)N1C(=O)c2ccccc2C1=O. The second kappa shape index (κ2) is 7.07. The topological polar surface area (TPSA) is 90.0 Å². The number of carbonyl (C=O) groups is 4. The van der Waals surface area contributed by atoms with Crippen molar-refractivity contribution in [3.63, 3.8) is 0 Å². The number of halogens is 1. The van der Waals surface area contributed by atoms with Crippen LogP contribution in [0.5, 0.6) is 0 Å². The number of nitrogens with zero attached hydrogens (tertiary/aromatic N) is 1. The predicted octanol–water partition coefficient (Wildman–Crippen LogP) is 1.19. The molecule has 1 aromatic carbocycles. The lowest BCUT2D eigenvalue weighted by atomic mass is 10.1. The van der Waals surface area contributed by atoms with E-state index in [1.165, 1.54) is 19.2 Å². The maximum atomic E-state index is 12.5. The number of carbonyl (C=O) groups excluding carboxylic acids is 4. The fraction of sp³-hybridized carbons (Fsp3) is 0.333. The van der Waals surface area contributed by atoms with Gasteiger partial charge in [-0.2, -0.15) is 0 Å². The Hall–Kier alpha value is -1.97. The number of amides is 2. The summed E-state index contributed by atoms with van der Waals surface area (Å²) >= 11 is 1.80.